The second kappa shape index (κ2) is 18.1. The molecule has 4 unspecified atom stereocenters. The predicted octanol–water partition coefficient (Wildman–Crippen LogP) is -0.0594. The summed E-state index contributed by atoms with van der Waals surface area (Å²) in [5.41, 5.74) is 5.89. The van der Waals surface area contributed by atoms with Crippen molar-refractivity contribution in [2.75, 3.05) is 51.5 Å². The second-order valence-electron chi connectivity index (χ2n) is 8.70. The molecule has 222 valence electrons. The molecule has 40 heavy (non-hydrogen) atoms. The van der Waals surface area contributed by atoms with Crippen molar-refractivity contribution in [2.24, 2.45) is 5.73 Å². The summed E-state index contributed by atoms with van der Waals surface area (Å²) >= 11 is 0. The molecule has 2 amide bonds. The van der Waals surface area contributed by atoms with Crippen molar-refractivity contribution >= 4 is 23.5 Å². The van der Waals surface area contributed by atoms with E-state index in [1.807, 2.05) is 0 Å². The Hall–Kier alpha value is -3.32. The van der Waals surface area contributed by atoms with E-state index in [-0.39, 0.29) is 69.2 Å². The second-order valence-corrected chi connectivity index (χ2v) is 8.70. The Bertz CT molecular complexity index is 1010. The first-order chi connectivity index (χ1) is 19.3. The molecular formula is C26H36FN3O10. The van der Waals surface area contributed by atoms with Crippen molar-refractivity contribution in [2.45, 2.75) is 50.5 Å². The average Bonchev–Trinajstić information content (AvgIpc) is 2.92. The standard InChI is InChI=1S/C26H36FN3O10/c1-2-7-36-8-9-37-10-11-38-16-23(32)30-20(5-6-28)25(33)29-18-3-4-21(17(12-18)15-27)39-24-14-19(31)13-22(40-24)26(34)35/h1,3-4,12,19-20,22,24,31H,5-11,13-16,28H2,(H,29,33)(H,30,32)(H,34,35). The van der Waals surface area contributed by atoms with Gasteiger partial charge in [0.05, 0.1) is 32.5 Å². The lowest BCUT2D eigenvalue weighted by Gasteiger charge is -2.31. The Kier molecular flexibility index (Phi) is 14.9. The van der Waals surface area contributed by atoms with E-state index in [1.165, 1.54) is 18.2 Å². The molecule has 1 aromatic rings. The highest BCUT2D eigenvalue weighted by Crippen LogP contribution is 2.28. The fourth-order valence-electron chi connectivity index (χ4n) is 3.65. The number of nitrogens with one attached hydrogen (secondary N) is 2. The monoisotopic (exact) mass is 569 g/mol. The van der Waals surface area contributed by atoms with Crippen LogP contribution >= 0.6 is 0 Å². The van der Waals surface area contributed by atoms with Gasteiger partial charge in [0, 0.05) is 24.1 Å². The highest BCUT2D eigenvalue weighted by molar-refractivity contribution is 5.97. The molecule has 1 saturated heterocycles. The van der Waals surface area contributed by atoms with Crippen LogP contribution in [0.5, 0.6) is 5.75 Å². The van der Waals surface area contributed by atoms with Crippen LogP contribution in [0.3, 0.4) is 0 Å². The van der Waals surface area contributed by atoms with E-state index >= 15 is 0 Å². The first kappa shape index (κ1) is 32.9. The van der Waals surface area contributed by atoms with Gasteiger partial charge in [0.25, 0.3) is 0 Å². The molecule has 1 aliphatic rings. The maximum absolute atomic E-state index is 13.8. The van der Waals surface area contributed by atoms with Crippen LogP contribution in [0.2, 0.25) is 0 Å². The summed E-state index contributed by atoms with van der Waals surface area (Å²) in [4.78, 5) is 36.3. The Morgan fingerprint density at radius 1 is 1.18 bits per heavy atom. The molecule has 0 bridgehead atoms. The molecule has 1 aromatic carbocycles. The number of terminal acetylenes is 1. The predicted molar refractivity (Wildman–Crippen MR) is 139 cm³/mol. The van der Waals surface area contributed by atoms with Crippen molar-refractivity contribution < 1.29 is 52.7 Å². The van der Waals surface area contributed by atoms with Crippen LogP contribution < -0.4 is 21.1 Å². The first-order valence-corrected chi connectivity index (χ1v) is 12.7. The molecule has 0 radical (unpaired) electrons. The van der Waals surface area contributed by atoms with Crippen LogP contribution in [-0.4, -0.2) is 98.7 Å². The van der Waals surface area contributed by atoms with Crippen molar-refractivity contribution in [1.29, 1.82) is 0 Å². The van der Waals surface area contributed by atoms with Gasteiger partial charge in [-0.25, -0.2) is 9.18 Å². The number of nitrogens with two attached hydrogens (primary N) is 1. The summed E-state index contributed by atoms with van der Waals surface area (Å²) in [6.45, 7) is 0.116. The molecule has 4 atom stereocenters. The highest BCUT2D eigenvalue weighted by Gasteiger charge is 2.34. The van der Waals surface area contributed by atoms with Crippen molar-refractivity contribution in [1.82, 2.24) is 5.32 Å². The van der Waals surface area contributed by atoms with Crippen LogP contribution in [0.25, 0.3) is 0 Å². The Balaban J connectivity index is 1.86. The molecule has 0 saturated carbocycles. The number of anilines is 1. The summed E-state index contributed by atoms with van der Waals surface area (Å²) in [5, 5.41) is 24.2. The molecule has 1 aliphatic heterocycles. The first-order valence-electron chi connectivity index (χ1n) is 12.7. The number of hydrogen-bond acceptors (Lipinski definition) is 10. The number of rotatable bonds is 18. The van der Waals surface area contributed by atoms with E-state index in [1.54, 1.807) is 0 Å². The molecule has 2 rings (SSSR count). The normalized spacial score (nSPS) is 19.3. The summed E-state index contributed by atoms with van der Waals surface area (Å²) in [6.07, 6.45) is 1.83. The largest absolute Gasteiger partial charge is 0.479 e. The minimum absolute atomic E-state index is 0.00725. The number of benzene rings is 1. The minimum Gasteiger partial charge on any atom is -0.479 e. The van der Waals surface area contributed by atoms with Crippen molar-refractivity contribution in [3.63, 3.8) is 0 Å². The number of aliphatic carboxylic acids is 1. The quantitative estimate of drug-likeness (QED) is 0.118. The van der Waals surface area contributed by atoms with Crippen LogP contribution in [0.15, 0.2) is 18.2 Å². The molecule has 6 N–H and O–H groups in total. The van der Waals surface area contributed by atoms with Crippen molar-refractivity contribution in [3.05, 3.63) is 23.8 Å². The zero-order valence-electron chi connectivity index (χ0n) is 22.0. The van der Waals surface area contributed by atoms with E-state index in [2.05, 4.69) is 16.6 Å². The summed E-state index contributed by atoms with van der Waals surface area (Å²) < 4.78 is 40.3. The molecule has 0 spiro atoms. The van der Waals surface area contributed by atoms with E-state index in [0.29, 0.717) is 13.2 Å². The third-order valence-corrected chi connectivity index (χ3v) is 5.54. The maximum Gasteiger partial charge on any atom is 0.333 e. The lowest BCUT2D eigenvalue weighted by Crippen LogP contribution is -2.46. The number of halogens is 1. The number of carboxylic acids is 1. The van der Waals surface area contributed by atoms with Gasteiger partial charge < -0.3 is 50.3 Å². The molecule has 1 heterocycles. The molecule has 13 nitrogen and oxygen atoms in total. The van der Waals surface area contributed by atoms with Gasteiger partial charge in [-0.2, -0.15) is 0 Å². The average molecular weight is 570 g/mol. The maximum atomic E-state index is 13.8. The topological polar surface area (TPSA) is 188 Å². The van der Waals surface area contributed by atoms with Gasteiger partial charge in [0.15, 0.2) is 6.10 Å². The van der Waals surface area contributed by atoms with E-state index in [4.69, 9.17) is 40.9 Å². The summed E-state index contributed by atoms with van der Waals surface area (Å²) in [5.74, 6) is 0.0515. The third kappa shape index (κ3) is 11.8. The summed E-state index contributed by atoms with van der Waals surface area (Å²) in [7, 11) is 0. The van der Waals surface area contributed by atoms with Crippen LogP contribution in [-0.2, 0) is 40.0 Å². The molecule has 1 fully saturated rings. The Morgan fingerprint density at radius 3 is 2.58 bits per heavy atom. The number of carboxylic acid groups (broad SMARTS) is 1. The smallest absolute Gasteiger partial charge is 0.333 e. The molecule has 0 aliphatic carbocycles. The fourth-order valence-corrected chi connectivity index (χ4v) is 3.65. The Labute approximate surface area is 231 Å². The van der Waals surface area contributed by atoms with Crippen LogP contribution in [0.4, 0.5) is 10.1 Å². The number of hydrogen-bond donors (Lipinski definition) is 5. The van der Waals surface area contributed by atoms with Crippen LogP contribution in [0.1, 0.15) is 24.8 Å². The minimum atomic E-state index is -1.25. The third-order valence-electron chi connectivity index (χ3n) is 5.54. The highest BCUT2D eigenvalue weighted by atomic mass is 19.1. The van der Waals surface area contributed by atoms with E-state index in [0.717, 1.165) is 0 Å². The SMILES string of the molecule is C#CCOCCOCCOCC(=O)NC(CCN)C(=O)Nc1ccc(OC2CC(O)CC(C(=O)O)O2)c(CF)c1. The van der Waals surface area contributed by atoms with Gasteiger partial charge in [0.1, 0.15) is 31.7 Å². The molecule has 14 heteroatoms. The fraction of sp³-hybridized carbons (Fsp3) is 0.577. The van der Waals surface area contributed by atoms with Gasteiger partial charge in [0.2, 0.25) is 18.1 Å². The zero-order valence-corrected chi connectivity index (χ0v) is 22.0. The zero-order chi connectivity index (χ0) is 29.3. The number of amides is 2. The number of ether oxygens (including phenoxy) is 5. The van der Waals surface area contributed by atoms with E-state index in [9.17, 15) is 23.9 Å². The number of carbonyl (C=O) groups excluding carboxylic acids is 2. The van der Waals surface area contributed by atoms with Crippen molar-refractivity contribution in [3.8, 4) is 18.1 Å². The van der Waals surface area contributed by atoms with Gasteiger partial charge in [-0.3, -0.25) is 9.59 Å². The number of aliphatic hydroxyl groups excluding tert-OH is 1. The van der Waals surface area contributed by atoms with Gasteiger partial charge in [-0.15, -0.1) is 6.42 Å². The molecule has 0 aromatic heterocycles. The molecular weight excluding hydrogens is 533 g/mol. The lowest BCUT2D eigenvalue weighted by molar-refractivity contribution is -0.195. The van der Waals surface area contributed by atoms with Crippen LogP contribution in [0, 0.1) is 12.3 Å². The Morgan fingerprint density at radius 2 is 1.90 bits per heavy atom. The van der Waals surface area contributed by atoms with E-state index < -0.39 is 49.0 Å². The van der Waals surface area contributed by atoms with Gasteiger partial charge in [-0.1, -0.05) is 5.92 Å². The summed E-state index contributed by atoms with van der Waals surface area (Å²) in [6, 6.07) is 3.20. The lowest BCUT2D eigenvalue weighted by atomic mass is 10.1. The number of alkyl halides is 1. The van der Waals surface area contributed by atoms with Gasteiger partial charge >= 0.3 is 5.97 Å². The number of aliphatic hydroxyl groups is 1. The number of carbonyl (C=O) groups is 3. The van der Waals surface area contributed by atoms with Gasteiger partial charge in [-0.05, 0) is 31.2 Å².